The summed E-state index contributed by atoms with van der Waals surface area (Å²) < 4.78 is 48.6. The molecule has 1 aromatic heterocycles. The van der Waals surface area contributed by atoms with Gasteiger partial charge in [0.05, 0.1) is 19.0 Å². The minimum Gasteiger partial charge on any atom is -0.496 e. The molecule has 1 aromatic rings. The van der Waals surface area contributed by atoms with Crippen LogP contribution in [-0.2, 0) is 9.53 Å². The van der Waals surface area contributed by atoms with E-state index in [0.29, 0.717) is 28.5 Å². The second kappa shape index (κ2) is 5.79. The molecule has 1 atom stereocenters. The third-order valence-corrected chi connectivity index (χ3v) is 5.72. The maximum absolute atomic E-state index is 13.8. The number of hydrogen-bond donors (Lipinski definition) is 0. The quantitative estimate of drug-likeness (QED) is 0.564. The molecule has 0 radical (unpaired) electrons. The van der Waals surface area contributed by atoms with Crippen LogP contribution in [0.3, 0.4) is 0 Å². The highest BCUT2D eigenvalue weighted by Crippen LogP contribution is 2.57. The maximum Gasteiger partial charge on any atom is 0.431 e. The Morgan fingerprint density at radius 1 is 1.37 bits per heavy atom. The predicted molar refractivity (Wildman–Crippen MR) is 96.5 cm³/mol. The lowest BCUT2D eigenvalue weighted by atomic mass is 9.78. The van der Waals surface area contributed by atoms with Crippen molar-refractivity contribution in [2.24, 2.45) is 0 Å². The summed E-state index contributed by atoms with van der Waals surface area (Å²) in [5.41, 5.74) is 1.01. The van der Waals surface area contributed by atoms with Crippen LogP contribution in [0.25, 0.3) is 5.70 Å². The average Bonchev–Trinajstić information content (AvgIpc) is 3.10. The summed E-state index contributed by atoms with van der Waals surface area (Å²) in [7, 11) is 1.54. The SMILES string of the molecule is COC1=C(C)CC23C=CC=C(C(F)(F)F)N2c2ncc(SC=O)n2C3=C1C. The van der Waals surface area contributed by atoms with Gasteiger partial charge in [-0.05, 0) is 37.3 Å². The van der Waals surface area contributed by atoms with E-state index in [0.717, 1.165) is 29.0 Å². The van der Waals surface area contributed by atoms with E-state index in [9.17, 15) is 18.0 Å². The summed E-state index contributed by atoms with van der Waals surface area (Å²) in [5.74, 6) is 0.794. The fraction of sp³-hybridized carbons (Fsp3) is 0.333. The molecule has 0 amide bonds. The molecule has 4 rings (SSSR count). The van der Waals surface area contributed by atoms with E-state index in [-0.39, 0.29) is 5.95 Å². The topological polar surface area (TPSA) is 47.4 Å². The molecular formula is C18H16F3N3O2S. The Kier molecular flexibility index (Phi) is 3.85. The first-order valence-electron chi connectivity index (χ1n) is 8.17. The number of hydrogen-bond acceptors (Lipinski definition) is 5. The van der Waals surface area contributed by atoms with Crippen molar-refractivity contribution in [3.05, 3.63) is 47.0 Å². The number of carbonyl (C=O) groups excluding carboxylic acids is 1. The molecule has 2 aliphatic heterocycles. The summed E-state index contributed by atoms with van der Waals surface area (Å²) >= 11 is 0.883. The molecule has 1 aliphatic carbocycles. The first-order valence-corrected chi connectivity index (χ1v) is 9.05. The van der Waals surface area contributed by atoms with Gasteiger partial charge in [0.15, 0.2) is 5.62 Å². The smallest absolute Gasteiger partial charge is 0.431 e. The Bertz CT molecular complexity index is 971. The Balaban J connectivity index is 2.06. The Hall–Kier alpha value is -2.42. The van der Waals surface area contributed by atoms with E-state index in [1.165, 1.54) is 17.2 Å². The van der Waals surface area contributed by atoms with Crippen LogP contribution in [0, 0.1) is 0 Å². The van der Waals surface area contributed by atoms with Crippen molar-refractivity contribution in [3.63, 3.8) is 0 Å². The van der Waals surface area contributed by atoms with Gasteiger partial charge in [0, 0.05) is 12.0 Å². The summed E-state index contributed by atoms with van der Waals surface area (Å²) in [5, 5.41) is 0.466. The maximum atomic E-state index is 13.8. The van der Waals surface area contributed by atoms with E-state index in [4.69, 9.17) is 4.74 Å². The van der Waals surface area contributed by atoms with Crippen LogP contribution < -0.4 is 4.90 Å². The van der Waals surface area contributed by atoms with Gasteiger partial charge in [-0.1, -0.05) is 12.2 Å². The normalized spacial score (nSPS) is 23.9. The number of rotatable bonds is 3. The minimum absolute atomic E-state index is 0.145. The fourth-order valence-corrected chi connectivity index (χ4v) is 4.82. The number of allylic oxidation sites excluding steroid dienone is 4. The molecule has 0 fully saturated rings. The Morgan fingerprint density at radius 2 is 2.11 bits per heavy atom. The lowest BCUT2D eigenvalue weighted by molar-refractivity contribution is -0.0945. The second-order valence-corrected chi connectivity index (χ2v) is 7.42. The van der Waals surface area contributed by atoms with Gasteiger partial charge < -0.3 is 4.74 Å². The van der Waals surface area contributed by atoms with Crippen molar-refractivity contribution in [2.45, 2.75) is 37.0 Å². The summed E-state index contributed by atoms with van der Waals surface area (Å²) in [6.45, 7) is 3.67. The van der Waals surface area contributed by atoms with Crippen LogP contribution in [0.2, 0.25) is 0 Å². The third kappa shape index (κ3) is 2.27. The van der Waals surface area contributed by atoms with Crippen LogP contribution in [0.4, 0.5) is 19.1 Å². The number of methoxy groups -OCH3 is 1. The molecule has 3 heterocycles. The van der Waals surface area contributed by atoms with Crippen molar-refractivity contribution < 1.29 is 22.7 Å². The van der Waals surface area contributed by atoms with Gasteiger partial charge in [0.25, 0.3) is 0 Å². The second-order valence-electron chi connectivity index (χ2n) is 6.58. The summed E-state index contributed by atoms with van der Waals surface area (Å²) in [6, 6.07) is 0. The van der Waals surface area contributed by atoms with Crippen LogP contribution >= 0.6 is 11.8 Å². The molecule has 0 N–H and O–H groups in total. The first kappa shape index (κ1) is 18.0. The van der Waals surface area contributed by atoms with Crippen molar-refractivity contribution in [1.29, 1.82) is 0 Å². The van der Waals surface area contributed by atoms with Gasteiger partial charge in [-0.15, -0.1) is 0 Å². The van der Waals surface area contributed by atoms with Gasteiger partial charge >= 0.3 is 6.18 Å². The summed E-state index contributed by atoms with van der Waals surface area (Å²) in [4.78, 5) is 16.5. The average molecular weight is 395 g/mol. The number of fused-ring (bicyclic) bond motifs is 3. The van der Waals surface area contributed by atoms with Gasteiger partial charge in [-0.25, -0.2) is 4.98 Å². The zero-order valence-corrected chi connectivity index (χ0v) is 15.6. The van der Waals surface area contributed by atoms with Gasteiger partial charge in [0.1, 0.15) is 22.0 Å². The first-order chi connectivity index (χ1) is 12.8. The zero-order chi connectivity index (χ0) is 19.6. The van der Waals surface area contributed by atoms with Crippen LogP contribution in [0.15, 0.2) is 52.1 Å². The Labute approximate surface area is 157 Å². The standard InChI is InChI=1S/C18H16F3N3O2S/c1-10-7-17-6-4-5-12(18(19,20)21)24(17)16-22-8-13(27-9-25)23(16)15(17)11(2)14(10)26-3/h4-6,8-9H,7H2,1-3H3. The molecule has 5 nitrogen and oxygen atoms in total. The van der Waals surface area contributed by atoms with Crippen molar-refractivity contribution in [3.8, 4) is 0 Å². The molecule has 27 heavy (non-hydrogen) atoms. The number of anilines is 1. The number of aromatic nitrogens is 2. The highest BCUT2D eigenvalue weighted by atomic mass is 32.2. The van der Waals surface area contributed by atoms with Gasteiger partial charge in [0.2, 0.25) is 5.95 Å². The molecule has 9 heteroatoms. The van der Waals surface area contributed by atoms with E-state index in [2.05, 4.69) is 4.98 Å². The predicted octanol–water partition coefficient (Wildman–Crippen LogP) is 4.30. The van der Waals surface area contributed by atoms with E-state index in [1.54, 1.807) is 17.8 Å². The van der Waals surface area contributed by atoms with Crippen molar-refractivity contribution in [1.82, 2.24) is 9.55 Å². The zero-order valence-electron chi connectivity index (χ0n) is 14.8. The highest BCUT2D eigenvalue weighted by Gasteiger charge is 2.58. The molecule has 0 saturated carbocycles. The molecule has 3 aliphatic rings. The molecule has 1 unspecified atom stereocenters. The van der Waals surface area contributed by atoms with Crippen LogP contribution in [0.1, 0.15) is 20.3 Å². The number of carbonyl (C=O) groups is 1. The number of imidazole rings is 1. The number of thioether (sulfide) groups is 1. The van der Waals surface area contributed by atoms with E-state index < -0.39 is 17.4 Å². The lowest BCUT2D eigenvalue weighted by Gasteiger charge is -2.43. The van der Waals surface area contributed by atoms with E-state index >= 15 is 0 Å². The fourth-order valence-electron chi connectivity index (χ4n) is 4.33. The minimum atomic E-state index is -4.55. The number of nitrogens with zero attached hydrogens (tertiary/aromatic N) is 3. The van der Waals surface area contributed by atoms with Crippen molar-refractivity contribution >= 4 is 29.0 Å². The van der Waals surface area contributed by atoms with Gasteiger partial charge in [-0.2, -0.15) is 13.2 Å². The lowest BCUT2D eigenvalue weighted by Crippen LogP contribution is -2.50. The number of ether oxygens (including phenoxy) is 1. The molecule has 1 spiro atoms. The molecule has 142 valence electrons. The number of alkyl halides is 3. The largest absolute Gasteiger partial charge is 0.496 e. The molecular weight excluding hydrogens is 379 g/mol. The number of halogens is 3. The van der Waals surface area contributed by atoms with Gasteiger partial charge in [-0.3, -0.25) is 14.3 Å². The third-order valence-electron chi connectivity index (χ3n) is 5.09. The molecule has 0 aromatic carbocycles. The van der Waals surface area contributed by atoms with Crippen LogP contribution in [0.5, 0.6) is 0 Å². The Morgan fingerprint density at radius 3 is 2.74 bits per heavy atom. The monoisotopic (exact) mass is 395 g/mol. The highest BCUT2D eigenvalue weighted by molar-refractivity contribution is 8.11. The van der Waals surface area contributed by atoms with Crippen molar-refractivity contribution in [2.75, 3.05) is 12.0 Å². The summed E-state index contributed by atoms with van der Waals surface area (Å²) in [6.07, 6.45) is 1.45. The molecule has 0 bridgehead atoms. The van der Waals surface area contributed by atoms with E-state index in [1.807, 2.05) is 13.8 Å². The van der Waals surface area contributed by atoms with Crippen LogP contribution in [-0.4, -0.2) is 34.0 Å². The molecule has 0 saturated heterocycles.